The molecule has 0 radical (unpaired) electrons. The topological polar surface area (TPSA) is 52.5 Å². The molecule has 3 heteroatoms. The average Bonchev–Trinajstić information content (AvgIpc) is 2.18. The van der Waals surface area contributed by atoms with Gasteiger partial charge in [0.15, 0.2) is 6.29 Å². The van der Waals surface area contributed by atoms with Gasteiger partial charge in [0.05, 0.1) is 6.04 Å². The Morgan fingerprint density at radius 1 is 0.800 bits per heavy atom. The number of nitrogens with one attached hydrogen (secondary N) is 1. The first kappa shape index (κ1) is 12.9. The summed E-state index contributed by atoms with van der Waals surface area (Å²) in [5.74, 6) is 0. The second-order valence-corrected chi connectivity index (χ2v) is 4.59. The van der Waals surface area contributed by atoms with Crippen LogP contribution in [0, 0.1) is 0 Å². The highest BCUT2D eigenvalue weighted by atomic mass is 16.5. The van der Waals surface area contributed by atoms with Crippen LogP contribution in [0.3, 0.4) is 0 Å². The van der Waals surface area contributed by atoms with Gasteiger partial charge in [-0.15, -0.1) is 0 Å². The summed E-state index contributed by atoms with van der Waals surface area (Å²) in [6, 6.07) is -0.121. The highest BCUT2D eigenvalue weighted by molar-refractivity contribution is 4.69. The van der Waals surface area contributed by atoms with Gasteiger partial charge in [-0.2, -0.15) is 0 Å². The molecule has 0 aromatic rings. The van der Waals surface area contributed by atoms with Crippen LogP contribution in [0.15, 0.2) is 0 Å². The van der Waals surface area contributed by atoms with Gasteiger partial charge in [0.2, 0.25) is 0 Å². The van der Waals surface area contributed by atoms with E-state index in [0.29, 0.717) is 0 Å². The maximum Gasteiger partial charge on any atom is 0.167 e. The van der Waals surface area contributed by atoms with Crippen molar-refractivity contribution in [3.63, 3.8) is 0 Å². The Bertz CT molecular complexity index is 139. The maximum atomic E-state index is 9.18. The zero-order valence-electron chi connectivity index (χ0n) is 9.62. The van der Waals surface area contributed by atoms with Gasteiger partial charge in [0.25, 0.3) is 0 Å². The van der Waals surface area contributed by atoms with Crippen LogP contribution in [0.5, 0.6) is 0 Å². The summed E-state index contributed by atoms with van der Waals surface area (Å²) in [6.45, 7) is 0.919. The standard InChI is InChI=1S/C12H25NO2/c14-12(15)11-9-7-5-3-1-2-4-6-8-10-13-11/h11-15H,1-10H2. The quantitative estimate of drug-likeness (QED) is 0.584. The maximum absolute atomic E-state index is 9.18. The fourth-order valence-corrected chi connectivity index (χ4v) is 2.19. The van der Waals surface area contributed by atoms with E-state index in [1.165, 1.54) is 38.5 Å². The Kier molecular flexibility index (Phi) is 6.98. The molecule has 1 unspecified atom stereocenters. The monoisotopic (exact) mass is 215 g/mol. The normalized spacial score (nSPS) is 27.0. The molecular formula is C12H25NO2. The Morgan fingerprint density at radius 2 is 1.33 bits per heavy atom. The first-order valence-electron chi connectivity index (χ1n) is 6.40. The molecule has 0 bridgehead atoms. The van der Waals surface area contributed by atoms with Crippen molar-refractivity contribution in [1.82, 2.24) is 5.32 Å². The largest absolute Gasteiger partial charge is 0.367 e. The number of aliphatic hydroxyl groups excluding tert-OH is 1. The Balaban J connectivity index is 2.25. The molecule has 3 nitrogen and oxygen atoms in total. The van der Waals surface area contributed by atoms with E-state index in [1.54, 1.807) is 0 Å². The number of hydrogen-bond donors (Lipinski definition) is 3. The summed E-state index contributed by atoms with van der Waals surface area (Å²) < 4.78 is 0. The molecule has 90 valence electrons. The van der Waals surface area contributed by atoms with E-state index in [2.05, 4.69) is 5.32 Å². The van der Waals surface area contributed by atoms with E-state index in [9.17, 15) is 10.2 Å². The SMILES string of the molecule is OC(O)C1CCCCCCCCCCN1. The molecule has 1 aliphatic rings. The molecular weight excluding hydrogens is 190 g/mol. The highest BCUT2D eigenvalue weighted by Gasteiger charge is 2.15. The molecule has 0 aliphatic carbocycles. The molecule has 0 aromatic heterocycles. The summed E-state index contributed by atoms with van der Waals surface area (Å²) in [4.78, 5) is 0. The minimum absolute atomic E-state index is 0.121. The van der Waals surface area contributed by atoms with E-state index >= 15 is 0 Å². The fraction of sp³-hybridized carbons (Fsp3) is 1.00. The highest BCUT2D eigenvalue weighted by Crippen LogP contribution is 2.13. The van der Waals surface area contributed by atoms with Gasteiger partial charge in [-0.3, -0.25) is 0 Å². The molecule has 0 saturated carbocycles. The van der Waals surface area contributed by atoms with Crippen molar-refractivity contribution in [1.29, 1.82) is 0 Å². The summed E-state index contributed by atoms with van der Waals surface area (Å²) >= 11 is 0. The third-order valence-electron chi connectivity index (χ3n) is 3.21. The van der Waals surface area contributed by atoms with Crippen LogP contribution in [0.2, 0.25) is 0 Å². The van der Waals surface area contributed by atoms with E-state index < -0.39 is 6.29 Å². The smallest absolute Gasteiger partial charge is 0.167 e. The van der Waals surface area contributed by atoms with E-state index in [4.69, 9.17) is 0 Å². The van der Waals surface area contributed by atoms with Crippen LogP contribution in [-0.4, -0.2) is 29.1 Å². The van der Waals surface area contributed by atoms with Crippen LogP contribution < -0.4 is 5.32 Å². The molecule has 0 amide bonds. The lowest BCUT2D eigenvalue weighted by molar-refractivity contribution is -0.0691. The predicted octanol–water partition coefficient (Wildman–Crippen LogP) is 1.78. The van der Waals surface area contributed by atoms with Gasteiger partial charge in [0.1, 0.15) is 0 Å². The number of rotatable bonds is 1. The van der Waals surface area contributed by atoms with Crippen molar-refractivity contribution in [2.24, 2.45) is 0 Å². The van der Waals surface area contributed by atoms with Crippen molar-refractivity contribution in [3.05, 3.63) is 0 Å². The minimum Gasteiger partial charge on any atom is -0.367 e. The molecule has 15 heavy (non-hydrogen) atoms. The molecule has 1 atom stereocenters. The zero-order valence-corrected chi connectivity index (χ0v) is 9.62. The zero-order chi connectivity index (χ0) is 10.9. The second-order valence-electron chi connectivity index (χ2n) is 4.59. The predicted molar refractivity (Wildman–Crippen MR) is 61.6 cm³/mol. The number of aliphatic hydroxyl groups is 2. The Morgan fingerprint density at radius 3 is 1.93 bits per heavy atom. The van der Waals surface area contributed by atoms with Crippen LogP contribution in [0.1, 0.15) is 57.8 Å². The first-order valence-corrected chi connectivity index (χ1v) is 6.40. The minimum atomic E-state index is -1.20. The molecule has 0 spiro atoms. The van der Waals surface area contributed by atoms with Gasteiger partial charge in [-0.1, -0.05) is 44.9 Å². The van der Waals surface area contributed by atoms with Crippen molar-refractivity contribution >= 4 is 0 Å². The van der Waals surface area contributed by atoms with E-state index in [-0.39, 0.29) is 6.04 Å². The van der Waals surface area contributed by atoms with Crippen molar-refractivity contribution in [2.75, 3.05) is 6.54 Å². The molecule has 1 heterocycles. The lowest BCUT2D eigenvalue weighted by atomic mass is 10.0. The van der Waals surface area contributed by atoms with Gasteiger partial charge < -0.3 is 15.5 Å². The molecule has 3 N–H and O–H groups in total. The van der Waals surface area contributed by atoms with Crippen LogP contribution in [-0.2, 0) is 0 Å². The second kappa shape index (κ2) is 8.08. The fourth-order valence-electron chi connectivity index (χ4n) is 2.19. The number of hydrogen-bond acceptors (Lipinski definition) is 3. The summed E-state index contributed by atoms with van der Waals surface area (Å²) in [7, 11) is 0. The van der Waals surface area contributed by atoms with Crippen molar-refractivity contribution in [2.45, 2.75) is 70.1 Å². The van der Waals surface area contributed by atoms with Crippen LogP contribution in [0.25, 0.3) is 0 Å². The van der Waals surface area contributed by atoms with Gasteiger partial charge in [-0.05, 0) is 19.4 Å². The third-order valence-corrected chi connectivity index (χ3v) is 3.21. The van der Waals surface area contributed by atoms with Crippen LogP contribution in [0.4, 0.5) is 0 Å². The summed E-state index contributed by atoms with van der Waals surface area (Å²) in [5.41, 5.74) is 0. The Hall–Kier alpha value is -0.120. The summed E-state index contributed by atoms with van der Waals surface area (Å²) in [6.07, 6.45) is 9.78. The third kappa shape index (κ3) is 6.13. The van der Waals surface area contributed by atoms with Gasteiger partial charge >= 0.3 is 0 Å². The van der Waals surface area contributed by atoms with Crippen LogP contribution >= 0.6 is 0 Å². The summed E-state index contributed by atoms with van der Waals surface area (Å²) in [5, 5.41) is 21.6. The molecule has 1 fully saturated rings. The molecule has 0 aromatic carbocycles. The lowest BCUT2D eigenvalue weighted by Crippen LogP contribution is -2.40. The van der Waals surface area contributed by atoms with E-state index in [0.717, 1.165) is 25.8 Å². The molecule has 1 aliphatic heterocycles. The molecule has 1 saturated heterocycles. The lowest BCUT2D eigenvalue weighted by Gasteiger charge is -2.21. The van der Waals surface area contributed by atoms with Gasteiger partial charge in [0, 0.05) is 0 Å². The van der Waals surface area contributed by atoms with Gasteiger partial charge in [-0.25, -0.2) is 0 Å². The molecule has 1 rings (SSSR count). The first-order chi connectivity index (χ1) is 7.30. The Labute approximate surface area is 92.9 Å². The van der Waals surface area contributed by atoms with Crippen molar-refractivity contribution < 1.29 is 10.2 Å². The van der Waals surface area contributed by atoms with Crippen molar-refractivity contribution in [3.8, 4) is 0 Å². The average molecular weight is 215 g/mol. The van der Waals surface area contributed by atoms with E-state index in [1.807, 2.05) is 0 Å².